The molecule has 2 saturated heterocycles. The third-order valence-electron chi connectivity index (χ3n) is 5.38. The van der Waals surface area contributed by atoms with Gasteiger partial charge in [0.05, 0.1) is 25.2 Å². The fourth-order valence-corrected chi connectivity index (χ4v) is 4.88. The van der Waals surface area contributed by atoms with Gasteiger partial charge in [0, 0.05) is 18.2 Å². The van der Waals surface area contributed by atoms with Crippen LogP contribution in [-0.4, -0.2) is 53.3 Å². The van der Waals surface area contributed by atoms with Crippen LogP contribution in [0.15, 0.2) is 71.6 Å². The summed E-state index contributed by atoms with van der Waals surface area (Å²) in [7, 11) is -2.54. The predicted octanol–water partition coefficient (Wildman–Crippen LogP) is 3.31. The van der Waals surface area contributed by atoms with E-state index in [-0.39, 0.29) is 25.4 Å². The molecule has 0 aliphatic carbocycles. The topological polar surface area (TPSA) is 89.5 Å². The van der Waals surface area contributed by atoms with Gasteiger partial charge in [0.15, 0.2) is 12.6 Å². The van der Waals surface area contributed by atoms with Gasteiger partial charge in [-0.25, -0.2) is 0 Å². The minimum Gasteiger partial charge on any atom is -0.366 e. The molecule has 2 aliphatic rings. The summed E-state index contributed by atoms with van der Waals surface area (Å²) >= 11 is 0. The van der Waals surface area contributed by atoms with Crippen LogP contribution < -0.4 is 0 Å². The summed E-state index contributed by atoms with van der Waals surface area (Å²) in [5, 5.41) is 1.02. The Morgan fingerprint density at radius 2 is 1.73 bits per heavy atom. The van der Waals surface area contributed by atoms with Crippen LogP contribution in [0.5, 0.6) is 0 Å². The molecule has 4 rings (SSSR count). The van der Waals surface area contributed by atoms with E-state index in [1.54, 1.807) is 6.92 Å². The van der Waals surface area contributed by atoms with E-state index in [0.29, 0.717) is 0 Å². The van der Waals surface area contributed by atoms with Crippen molar-refractivity contribution in [3.63, 3.8) is 0 Å². The lowest BCUT2D eigenvalue weighted by Crippen LogP contribution is -2.57. The van der Waals surface area contributed by atoms with Gasteiger partial charge in [-0.2, -0.15) is 8.42 Å². The second kappa shape index (κ2) is 10.9. The van der Waals surface area contributed by atoms with Gasteiger partial charge in [-0.1, -0.05) is 60.7 Å². The lowest BCUT2D eigenvalue weighted by Gasteiger charge is -2.46. The molecule has 2 fully saturated rings. The molecule has 5 atom stereocenters. The van der Waals surface area contributed by atoms with E-state index in [2.05, 4.69) is 0 Å². The van der Waals surface area contributed by atoms with Crippen molar-refractivity contribution in [3.8, 4) is 0 Å². The lowest BCUT2D eigenvalue weighted by atomic mass is 9.96. The van der Waals surface area contributed by atoms with Crippen molar-refractivity contribution in [2.45, 2.75) is 44.4 Å². The molecule has 1 unspecified atom stereocenters. The largest absolute Gasteiger partial charge is 0.366 e. The highest BCUT2D eigenvalue weighted by Gasteiger charge is 2.48. The van der Waals surface area contributed by atoms with Crippen LogP contribution in [0.3, 0.4) is 0 Å². The van der Waals surface area contributed by atoms with Crippen LogP contribution in [0.1, 0.15) is 24.3 Å². The maximum atomic E-state index is 12.5. The zero-order chi connectivity index (χ0) is 23.3. The van der Waals surface area contributed by atoms with Crippen molar-refractivity contribution in [1.82, 2.24) is 0 Å². The summed E-state index contributed by atoms with van der Waals surface area (Å²) in [6.45, 7) is 2.09. The van der Waals surface area contributed by atoms with E-state index in [1.165, 1.54) is 7.11 Å². The average Bonchev–Trinajstić information content (AvgIpc) is 2.83. The van der Waals surface area contributed by atoms with Crippen LogP contribution in [0.2, 0.25) is 0 Å². The Morgan fingerprint density at radius 3 is 2.39 bits per heavy atom. The standard InChI is InChI=1S/C24H28O8S/c1-3-30-33(25,26)16-19-21(28-14-17-10-6-4-7-11-17)22-20(31-24(19)27-2)15-29-23(32-22)18-12-8-5-9-13-18/h4-13,16,20-24H,3,14-15H2,1-2H3/b19-16+/t20-,21-,22-,23?,24+/m1/s1. The first-order valence-electron chi connectivity index (χ1n) is 10.8. The van der Waals surface area contributed by atoms with Crippen molar-refractivity contribution >= 4 is 10.1 Å². The molecule has 0 saturated carbocycles. The molecule has 2 aliphatic heterocycles. The number of fused-ring (bicyclic) bond motifs is 1. The van der Waals surface area contributed by atoms with Crippen LogP contribution >= 0.6 is 0 Å². The molecule has 8 nitrogen and oxygen atoms in total. The average molecular weight is 477 g/mol. The summed E-state index contributed by atoms with van der Waals surface area (Å²) in [6, 6.07) is 19.1. The molecule has 0 spiro atoms. The highest BCUT2D eigenvalue weighted by Crippen LogP contribution is 2.38. The monoisotopic (exact) mass is 476 g/mol. The summed E-state index contributed by atoms with van der Waals surface area (Å²) in [5.74, 6) is 0. The Hall–Kier alpha value is -2.11. The van der Waals surface area contributed by atoms with E-state index in [4.69, 9.17) is 27.9 Å². The number of rotatable bonds is 8. The second-order valence-electron chi connectivity index (χ2n) is 7.65. The zero-order valence-corrected chi connectivity index (χ0v) is 19.3. The number of benzene rings is 2. The van der Waals surface area contributed by atoms with Gasteiger partial charge in [0.1, 0.15) is 18.3 Å². The molecular formula is C24H28O8S. The molecule has 2 aromatic rings. The zero-order valence-electron chi connectivity index (χ0n) is 18.5. The van der Waals surface area contributed by atoms with E-state index >= 15 is 0 Å². The van der Waals surface area contributed by atoms with Gasteiger partial charge < -0.3 is 23.7 Å². The van der Waals surface area contributed by atoms with Crippen molar-refractivity contribution in [2.24, 2.45) is 0 Å². The number of hydrogen-bond donors (Lipinski definition) is 0. The van der Waals surface area contributed by atoms with Crippen molar-refractivity contribution in [1.29, 1.82) is 0 Å². The maximum absolute atomic E-state index is 12.5. The van der Waals surface area contributed by atoms with Gasteiger partial charge in [-0.3, -0.25) is 4.18 Å². The Kier molecular flexibility index (Phi) is 7.92. The van der Waals surface area contributed by atoms with Crippen LogP contribution in [0.25, 0.3) is 0 Å². The Morgan fingerprint density at radius 1 is 1.03 bits per heavy atom. The highest BCUT2D eigenvalue weighted by molar-refractivity contribution is 7.89. The SMILES string of the molecule is CCOS(=O)(=O)/C=C1/[C@@H](OC)O[C@@H]2COC(c3ccccc3)O[C@H]2[C@@H]1OCc1ccccc1. The van der Waals surface area contributed by atoms with Crippen molar-refractivity contribution < 1.29 is 36.3 Å². The number of ether oxygens (including phenoxy) is 5. The fraction of sp³-hybridized carbons (Fsp3) is 0.417. The normalized spacial score (nSPS) is 29.0. The first-order valence-corrected chi connectivity index (χ1v) is 12.2. The summed E-state index contributed by atoms with van der Waals surface area (Å²) in [4.78, 5) is 0. The molecule has 33 heavy (non-hydrogen) atoms. The van der Waals surface area contributed by atoms with Crippen LogP contribution in [-0.2, 0) is 44.6 Å². The predicted molar refractivity (Wildman–Crippen MR) is 119 cm³/mol. The smallest absolute Gasteiger partial charge is 0.290 e. The van der Waals surface area contributed by atoms with E-state index < -0.39 is 41.0 Å². The molecule has 0 N–H and O–H groups in total. The Bertz CT molecular complexity index is 1020. The molecule has 178 valence electrons. The van der Waals surface area contributed by atoms with Crippen LogP contribution in [0.4, 0.5) is 0 Å². The molecule has 0 aromatic heterocycles. The highest BCUT2D eigenvalue weighted by atomic mass is 32.2. The fourth-order valence-electron chi connectivity index (χ4n) is 3.91. The molecule has 0 radical (unpaired) electrons. The van der Waals surface area contributed by atoms with Crippen LogP contribution in [0, 0.1) is 0 Å². The summed E-state index contributed by atoms with van der Waals surface area (Å²) in [6.07, 6.45) is -3.49. The van der Waals surface area contributed by atoms with Gasteiger partial charge in [-0.15, -0.1) is 0 Å². The third-order valence-corrected chi connectivity index (χ3v) is 6.50. The first kappa shape index (κ1) is 24.0. The van der Waals surface area contributed by atoms with Gasteiger partial charge in [-0.05, 0) is 12.5 Å². The van der Waals surface area contributed by atoms with Gasteiger partial charge in [0.2, 0.25) is 0 Å². The molecule has 2 aromatic carbocycles. The number of methoxy groups -OCH3 is 1. The molecule has 2 heterocycles. The molecule has 9 heteroatoms. The quantitative estimate of drug-likeness (QED) is 0.536. The van der Waals surface area contributed by atoms with E-state index in [0.717, 1.165) is 16.5 Å². The van der Waals surface area contributed by atoms with E-state index in [1.807, 2.05) is 60.7 Å². The van der Waals surface area contributed by atoms with E-state index in [9.17, 15) is 8.42 Å². The summed E-state index contributed by atoms with van der Waals surface area (Å²) in [5.41, 5.74) is 2.06. The number of hydrogen-bond acceptors (Lipinski definition) is 8. The minimum atomic E-state index is -3.98. The van der Waals surface area contributed by atoms with Crippen molar-refractivity contribution in [2.75, 3.05) is 20.3 Å². The maximum Gasteiger partial charge on any atom is 0.290 e. The minimum absolute atomic E-state index is 0.00658. The van der Waals surface area contributed by atoms with Gasteiger partial charge >= 0.3 is 0 Å². The molecular weight excluding hydrogens is 448 g/mol. The molecule has 0 amide bonds. The second-order valence-corrected chi connectivity index (χ2v) is 9.11. The third kappa shape index (κ3) is 5.88. The Labute approximate surface area is 194 Å². The lowest BCUT2D eigenvalue weighted by molar-refractivity contribution is -0.322. The summed E-state index contributed by atoms with van der Waals surface area (Å²) < 4.78 is 59.8. The molecule has 0 bridgehead atoms. The van der Waals surface area contributed by atoms with Gasteiger partial charge in [0.25, 0.3) is 10.1 Å². The first-order chi connectivity index (χ1) is 16.0. The Balaban J connectivity index is 1.67. The van der Waals surface area contributed by atoms with Crippen molar-refractivity contribution in [3.05, 3.63) is 82.8 Å².